The molecule has 0 spiro atoms. The molecular weight excluding hydrogens is 250 g/mol. The molecule has 4 atom stereocenters. The highest BCUT2D eigenvalue weighted by atomic mass is 16.5. The molecule has 2 saturated heterocycles. The minimum absolute atomic E-state index is 0.218. The molecule has 3 fully saturated rings. The summed E-state index contributed by atoms with van der Waals surface area (Å²) in [6, 6.07) is 1.26. The maximum atomic E-state index is 6.30. The summed E-state index contributed by atoms with van der Waals surface area (Å²) in [5, 5.41) is 0. The zero-order valence-corrected chi connectivity index (χ0v) is 13.2. The van der Waals surface area contributed by atoms with E-state index in [1.807, 2.05) is 0 Å². The van der Waals surface area contributed by atoms with Crippen LogP contribution < -0.4 is 5.73 Å². The van der Waals surface area contributed by atoms with Gasteiger partial charge in [-0.2, -0.15) is 0 Å². The van der Waals surface area contributed by atoms with Crippen molar-refractivity contribution in [1.29, 1.82) is 0 Å². The molecule has 2 heterocycles. The third kappa shape index (κ3) is 2.52. The fourth-order valence-electron chi connectivity index (χ4n) is 4.66. The largest absolute Gasteiger partial charge is 0.375 e. The standard InChI is InChI=1S/C16H31N3O/c1-13-11-16(12-17,7-8-18(13)2)19-9-10-20-15-6-4-3-5-14(15)19/h13-15H,3-12,17H2,1-2H3. The molecule has 1 aliphatic carbocycles. The summed E-state index contributed by atoms with van der Waals surface area (Å²) < 4.78 is 6.05. The summed E-state index contributed by atoms with van der Waals surface area (Å²) in [5.74, 6) is 0. The molecule has 4 nitrogen and oxygen atoms in total. The molecule has 0 aromatic rings. The molecule has 3 rings (SSSR count). The van der Waals surface area contributed by atoms with Gasteiger partial charge in [-0.3, -0.25) is 4.90 Å². The topological polar surface area (TPSA) is 41.7 Å². The van der Waals surface area contributed by atoms with Crippen LogP contribution in [-0.2, 0) is 4.74 Å². The van der Waals surface area contributed by atoms with Crippen LogP contribution in [0.3, 0.4) is 0 Å². The molecule has 0 aromatic heterocycles. The molecule has 0 bridgehead atoms. The summed E-state index contributed by atoms with van der Waals surface area (Å²) in [6.45, 7) is 6.30. The van der Waals surface area contributed by atoms with E-state index in [0.717, 1.165) is 19.7 Å². The number of morpholine rings is 1. The molecule has 0 aromatic carbocycles. The molecule has 116 valence electrons. The summed E-state index contributed by atoms with van der Waals surface area (Å²) in [4.78, 5) is 5.25. The molecule has 4 heteroatoms. The van der Waals surface area contributed by atoms with Crippen LogP contribution in [0.1, 0.15) is 45.4 Å². The Balaban J connectivity index is 1.80. The first-order valence-corrected chi connectivity index (χ1v) is 8.45. The van der Waals surface area contributed by atoms with Crippen molar-refractivity contribution in [2.24, 2.45) is 5.73 Å². The Morgan fingerprint density at radius 3 is 2.80 bits per heavy atom. The lowest BCUT2D eigenvalue weighted by Crippen LogP contribution is -2.68. The first kappa shape index (κ1) is 14.8. The Morgan fingerprint density at radius 2 is 2.05 bits per heavy atom. The summed E-state index contributed by atoms with van der Waals surface area (Å²) in [7, 11) is 2.24. The lowest BCUT2D eigenvalue weighted by molar-refractivity contribution is -0.138. The number of piperidine rings is 1. The minimum atomic E-state index is 0.218. The second-order valence-corrected chi connectivity index (χ2v) is 7.17. The third-order valence-electron chi connectivity index (χ3n) is 6.08. The van der Waals surface area contributed by atoms with Crippen LogP contribution in [0.4, 0.5) is 0 Å². The van der Waals surface area contributed by atoms with Gasteiger partial charge >= 0.3 is 0 Å². The van der Waals surface area contributed by atoms with Crippen molar-refractivity contribution < 1.29 is 4.74 Å². The van der Waals surface area contributed by atoms with E-state index in [2.05, 4.69) is 23.8 Å². The zero-order chi connectivity index (χ0) is 14.2. The van der Waals surface area contributed by atoms with Crippen molar-refractivity contribution in [3.63, 3.8) is 0 Å². The average Bonchev–Trinajstić information content (AvgIpc) is 2.50. The van der Waals surface area contributed by atoms with Gasteiger partial charge in [-0.05, 0) is 46.2 Å². The van der Waals surface area contributed by atoms with Crippen LogP contribution in [0.25, 0.3) is 0 Å². The van der Waals surface area contributed by atoms with Crippen molar-refractivity contribution in [3.8, 4) is 0 Å². The minimum Gasteiger partial charge on any atom is -0.375 e. The van der Waals surface area contributed by atoms with E-state index < -0.39 is 0 Å². The van der Waals surface area contributed by atoms with Crippen molar-refractivity contribution in [3.05, 3.63) is 0 Å². The Labute approximate surface area is 123 Å². The predicted octanol–water partition coefficient (Wildman–Crippen LogP) is 1.44. The summed E-state index contributed by atoms with van der Waals surface area (Å²) in [5.41, 5.74) is 6.52. The number of likely N-dealkylation sites (tertiary alicyclic amines) is 1. The molecule has 0 radical (unpaired) electrons. The van der Waals surface area contributed by atoms with Crippen LogP contribution in [0, 0.1) is 0 Å². The summed E-state index contributed by atoms with van der Waals surface area (Å²) >= 11 is 0. The number of nitrogens with two attached hydrogens (primary N) is 1. The molecule has 4 unspecified atom stereocenters. The van der Waals surface area contributed by atoms with Crippen molar-refractivity contribution in [2.75, 3.05) is 33.3 Å². The van der Waals surface area contributed by atoms with Gasteiger partial charge in [0.25, 0.3) is 0 Å². The van der Waals surface area contributed by atoms with Crippen LogP contribution in [0.2, 0.25) is 0 Å². The van der Waals surface area contributed by atoms with E-state index in [4.69, 9.17) is 10.5 Å². The highest BCUT2D eigenvalue weighted by Crippen LogP contribution is 2.38. The summed E-state index contributed by atoms with van der Waals surface area (Å²) in [6.07, 6.45) is 8.14. The fourth-order valence-corrected chi connectivity index (χ4v) is 4.66. The molecule has 3 aliphatic rings. The number of rotatable bonds is 2. The molecule has 0 amide bonds. The van der Waals surface area contributed by atoms with Gasteiger partial charge in [0.1, 0.15) is 0 Å². The number of ether oxygens (including phenoxy) is 1. The van der Waals surface area contributed by atoms with Gasteiger partial charge in [-0.1, -0.05) is 12.8 Å². The lowest BCUT2D eigenvalue weighted by Gasteiger charge is -2.56. The smallest absolute Gasteiger partial charge is 0.0731 e. The monoisotopic (exact) mass is 281 g/mol. The number of hydrogen-bond donors (Lipinski definition) is 1. The van der Waals surface area contributed by atoms with Gasteiger partial charge in [-0.15, -0.1) is 0 Å². The van der Waals surface area contributed by atoms with E-state index in [0.29, 0.717) is 18.2 Å². The first-order valence-electron chi connectivity index (χ1n) is 8.45. The normalized spacial score (nSPS) is 44.2. The molecule has 2 aliphatic heterocycles. The maximum Gasteiger partial charge on any atom is 0.0731 e. The van der Waals surface area contributed by atoms with Gasteiger partial charge in [-0.25, -0.2) is 0 Å². The van der Waals surface area contributed by atoms with Crippen LogP contribution in [0.15, 0.2) is 0 Å². The molecule has 1 saturated carbocycles. The Kier molecular flexibility index (Phi) is 4.37. The van der Waals surface area contributed by atoms with E-state index in [1.54, 1.807) is 0 Å². The van der Waals surface area contributed by atoms with Crippen LogP contribution in [0.5, 0.6) is 0 Å². The van der Waals surface area contributed by atoms with E-state index in [1.165, 1.54) is 45.1 Å². The number of nitrogens with zero attached hydrogens (tertiary/aromatic N) is 2. The lowest BCUT2D eigenvalue weighted by atomic mass is 9.78. The Morgan fingerprint density at radius 1 is 1.25 bits per heavy atom. The van der Waals surface area contributed by atoms with Gasteiger partial charge in [0.05, 0.1) is 12.7 Å². The predicted molar refractivity (Wildman–Crippen MR) is 81.8 cm³/mol. The Bertz CT molecular complexity index is 336. The number of fused-ring (bicyclic) bond motifs is 1. The molecule has 2 N–H and O–H groups in total. The SMILES string of the molecule is CC1CC(CN)(N2CCOC3CCCCC32)CCN1C. The second-order valence-electron chi connectivity index (χ2n) is 7.17. The molecule has 20 heavy (non-hydrogen) atoms. The highest BCUT2D eigenvalue weighted by molar-refractivity contribution is 5.03. The van der Waals surface area contributed by atoms with E-state index >= 15 is 0 Å². The van der Waals surface area contributed by atoms with Crippen molar-refractivity contribution >= 4 is 0 Å². The zero-order valence-electron chi connectivity index (χ0n) is 13.2. The van der Waals surface area contributed by atoms with E-state index in [-0.39, 0.29) is 5.54 Å². The average molecular weight is 281 g/mol. The second kappa shape index (κ2) is 5.91. The van der Waals surface area contributed by atoms with Gasteiger partial charge < -0.3 is 15.4 Å². The van der Waals surface area contributed by atoms with Crippen LogP contribution >= 0.6 is 0 Å². The highest BCUT2D eigenvalue weighted by Gasteiger charge is 2.47. The van der Waals surface area contributed by atoms with Gasteiger partial charge in [0.2, 0.25) is 0 Å². The quantitative estimate of drug-likeness (QED) is 0.832. The van der Waals surface area contributed by atoms with Crippen molar-refractivity contribution in [1.82, 2.24) is 9.80 Å². The Hall–Kier alpha value is -0.160. The van der Waals surface area contributed by atoms with Crippen molar-refractivity contribution in [2.45, 2.75) is 69.2 Å². The van der Waals surface area contributed by atoms with Gasteiger partial charge in [0.15, 0.2) is 0 Å². The van der Waals surface area contributed by atoms with Crippen LogP contribution in [-0.4, -0.2) is 66.8 Å². The fraction of sp³-hybridized carbons (Fsp3) is 1.00. The number of hydrogen-bond acceptors (Lipinski definition) is 4. The van der Waals surface area contributed by atoms with Gasteiger partial charge in [0, 0.05) is 30.7 Å². The first-order chi connectivity index (χ1) is 9.66. The maximum absolute atomic E-state index is 6.30. The van der Waals surface area contributed by atoms with E-state index in [9.17, 15) is 0 Å². The third-order valence-corrected chi connectivity index (χ3v) is 6.08. The molecular formula is C16H31N3O.